The Balaban J connectivity index is 1.51. The van der Waals surface area contributed by atoms with E-state index in [1.165, 1.54) is 4.68 Å². The van der Waals surface area contributed by atoms with Crippen molar-refractivity contribution < 1.29 is 9.53 Å². The summed E-state index contributed by atoms with van der Waals surface area (Å²) in [6.45, 7) is 0.309. The zero-order chi connectivity index (χ0) is 21.6. The largest absolute Gasteiger partial charge is 0.484 e. The van der Waals surface area contributed by atoms with Crippen molar-refractivity contribution in [1.82, 2.24) is 20.1 Å². The second-order valence-corrected chi connectivity index (χ2v) is 7.27. The van der Waals surface area contributed by atoms with Crippen LogP contribution in [0.3, 0.4) is 0 Å². The number of rotatable bonds is 7. The number of aromatic nitrogens is 3. The molecule has 0 saturated heterocycles. The number of halogens is 1. The first-order valence-corrected chi connectivity index (χ1v) is 10.0. The molecule has 0 radical (unpaired) electrons. The summed E-state index contributed by atoms with van der Waals surface area (Å²) in [5, 5.41) is 9.15. The van der Waals surface area contributed by atoms with E-state index in [1.54, 1.807) is 48.8 Å². The number of hydrogen-bond acceptors (Lipinski definition) is 5. The van der Waals surface area contributed by atoms with Crippen molar-refractivity contribution >= 4 is 28.3 Å². The summed E-state index contributed by atoms with van der Waals surface area (Å²) in [6.07, 6.45) is 3.37. The van der Waals surface area contributed by atoms with E-state index in [9.17, 15) is 9.59 Å². The number of carbonyl (C=O) groups is 1. The Labute approximate surface area is 183 Å². The highest BCUT2D eigenvalue weighted by molar-refractivity contribution is 6.30. The molecular formula is C23H19ClN4O3. The van der Waals surface area contributed by atoms with Gasteiger partial charge in [-0.05, 0) is 42.0 Å². The molecule has 0 aliphatic heterocycles. The first-order chi connectivity index (χ1) is 15.1. The number of hydrogen-bond donors (Lipinski definition) is 1. The second kappa shape index (κ2) is 9.40. The Morgan fingerprint density at radius 2 is 1.81 bits per heavy atom. The van der Waals surface area contributed by atoms with Gasteiger partial charge in [0.15, 0.2) is 6.61 Å². The Morgan fingerprint density at radius 1 is 1.03 bits per heavy atom. The molecule has 0 saturated carbocycles. The predicted octanol–water partition coefficient (Wildman–Crippen LogP) is 3.19. The minimum Gasteiger partial charge on any atom is -0.484 e. The van der Waals surface area contributed by atoms with E-state index in [1.807, 2.05) is 24.3 Å². The van der Waals surface area contributed by atoms with Gasteiger partial charge in [0.1, 0.15) is 5.75 Å². The van der Waals surface area contributed by atoms with E-state index in [0.717, 1.165) is 5.56 Å². The first kappa shape index (κ1) is 20.6. The molecule has 1 N–H and O–H groups in total. The van der Waals surface area contributed by atoms with Gasteiger partial charge in [-0.1, -0.05) is 35.9 Å². The molecule has 0 fully saturated rings. The molecule has 0 bridgehead atoms. The van der Waals surface area contributed by atoms with Crippen LogP contribution < -0.4 is 15.6 Å². The lowest BCUT2D eigenvalue weighted by Gasteiger charge is -2.12. The average Bonchev–Trinajstić information content (AvgIpc) is 2.80. The van der Waals surface area contributed by atoms with Crippen LogP contribution in [0.1, 0.15) is 11.3 Å². The predicted molar refractivity (Wildman–Crippen MR) is 118 cm³/mol. The van der Waals surface area contributed by atoms with Crippen LogP contribution >= 0.6 is 11.6 Å². The van der Waals surface area contributed by atoms with Crippen LogP contribution in [0.2, 0.25) is 5.02 Å². The zero-order valence-corrected chi connectivity index (χ0v) is 17.2. The lowest BCUT2D eigenvalue weighted by Crippen LogP contribution is -2.31. The number of benzene rings is 2. The zero-order valence-electron chi connectivity index (χ0n) is 16.5. The van der Waals surface area contributed by atoms with Crippen molar-refractivity contribution in [3.05, 3.63) is 99.7 Å². The van der Waals surface area contributed by atoms with Crippen LogP contribution in [0, 0.1) is 0 Å². The highest BCUT2D eigenvalue weighted by Gasteiger charge is 2.12. The SMILES string of the molecule is O=C(COc1ccc(Cl)cc1)NCc1nn(Cc2cccnc2)c(=O)c2ccccc12. The number of fused-ring (bicyclic) bond motifs is 1. The maximum Gasteiger partial charge on any atom is 0.274 e. The highest BCUT2D eigenvalue weighted by atomic mass is 35.5. The molecule has 8 heteroatoms. The van der Waals surface area contributed by atoms with E-state index >= 15 is 0 Å². The molecule has 7 nitrogen and oxygen atoms in total. The fraction of sp³-hybridized carbons (Fsp3) is 0.130. The van der Waals surface area contributed by atoms with Gasteiger partial charge in [-0.25, -0.2) is 4.68 Å². The Hall–Kier alpha value is -3.71. The van der Waals surface area contributed by atoms with Crippen molar-refractivity contribution in [3.63, 3.8) is 0 Å². The minimum atomic E-state index is -0.300. The molecule has 2 heterocycles. The normalized spacial score (nSPS) is 10.7. The van der Waals surface area contributed by atoms with Crippen LogP contribution in [0.4, 0.5) is 0 Å². The second-order valence-electron chi connectivity index (χ2n) is 6.84. The van der Waals surface area contributed by atoms with Gasteiger partial charge >= 0.3 is 0 Å². The molecule has 156 valence electrons. The standard InChI is InChI=1S/C23H19ClN4O3/c24-17-7-9-18(10-8-17)31-15-22(29)26-13-21-19-5-1-2-6-20(19)23(30)28(27-21)14-16-4-3-11-25-12-16/h1-12H,13-15H2,(H,26,29). The van der Waals surface area contributed by atoms with Gasteiger partial charge in [-0.2, -0.15) is 5.10 Å². The third-order valence-corrected chi connectivity index (χ3v) is 4.89. The fourth-order valence-corrected chi connectivity index (χ4v) is 3.25. The molecular weight excluding hydrogens is 416 g/mol. The number of nitrogens with one attached hydrogen (secondary N) is 1. The van der Waals surface area contributed by atoms with E-state index < -0.39 is 0 Å². The third-order valence-electron chi connectivity index (χ3n) is 4.64. The Bertz CT molecular complexity index is 1260. The minimum absolute atomic E-state index is 0.144. The molecule has 2 aromatic carbocycles. The molecule has 2 aromatic heterocycles. The smallest absolute Gasteiger partial charge is 0.274 e. The quantitative estimate of drug-likeness (QED) is 0.482. The lowest BCUT2D eigenvalue weighted by molar-refractivity contribution is -0.123. The fourth-order valence-electron chi connectivity index (χ4n) is 3.12. The van der Waals surface area contributed by atoms with Crippen LogP contribution in [0.5, 0.6) is 5.75 Å². The topological polar surface area (TPSA) is 86.1 Å². The molecule has 0 aliphatic carbocycles. The van der Waals surface area contributed by atoms with Crippen molar-refractivity contribution in [2.45, 2.75) is 13.1 Å². The van der Waals surface area contributed by atoms with Gasteiger partial charge in [0.2, 0.25) is 0 Å². The van der Waals surface area contributed by atoms with Crippen LogP contribution in [0.15, 0.2) is 77.9 Å². The third kappa shape index (κ3) is 5.07. The molecule has 4 rings (SSSR count). The van der Waals surface area contributed by atoms with Gasteiger partial charge in [-0.3, -0.25) is 14.6 Å². The number of nitrogens with zero attached hydrogens (tertiary/aromatic N) is 3. The van der Waals surface area contributed by atoms with Gasteiger partial charge in [0, 0.05) is 22.8 Å². The van der Waals surface area contributed by atoms with E-state index in [-0.39, 0.29) is 31.2 Å². The number of pyridine rings is 1. The summed E-state index contributed by atoms with van der Waals surface area (Å²) in [5.74, 6) is 0.249. The van der Waals surface area contributed by atoms with Crippen LogP contribution in [0.25, 0.3) is 10.8 Å². The van der Waals surface area contributed by atoms with Gasteiger partial charge in [-0.15, -0.1) is 0 Å². The van der Waals surface area contributed by atoms with Crippen molar-refractivity contribution in [3.8, 4) is 5.75 Å². The van der Waals surface area contributed by atoms with Crippen molar-refractivity contribution in [1.29, 1.82) is 0 Å². The molecule has 0 unspecified atom stereocenters. The molecule has 4 aromatic rings. The van der Waals surface area contributed by atoms with Gasteiger partial charge < -0.3 is 10.1 Å². The number of ether oxygens (including phenoxy) is 1. The lowest BCUT2D eigenvalue weighted by atomic mass is 10.1. The summed E-state index contributed by atoms with van der Waals surface area (Å²) in [6, 6.07) is 17.7. The summed E-state index contributed by atoms with van der Waals surface area (Å²) >= 11 is 5.85. The van der Waals surface area contributed by atoms with Crippen molar-refractivity contribution in [2.75, 3.05) is 6.61 Å². The number of carbonyl (C=O) groups excluding carboxylic acids is 1. The maximum atomic E-state index is 12.9. The van der Waals surface area contributed by atoms with Crippen LogP contribution in [-0.2, 0) is 17.9 Å². The number of amides is 1. The highest BCUT2D eigenvalue weighted by Crippen LogP contribution is 2.16. The van der Waals surface area contributed by atoms with E-state index in [4.69, 9.17) is 16.3 Å². The molecule has 1 amide bonds. The maximum absolute atomic E-state index is 12.9. The van der Waals surface area contributed by atoms with Crippen LogP contribution in [-0.4, -0.2) is 27.3 Å². The first-order valence-electron chi connectivity index (χ1n) is 9.63. The summed E-state index contributed by atoms with van der Waals surface area (Å²) in [5.41, 5.74) is 1.26. The summed E-state index contributed by atoms with van der Waals surface area (Å²) < 4.78 is 6.86. The molecule has 0 spiro atoms. The summed E-state index contributed by atoms with van der Waals surface area (Å²) in [7, 11) is 0. The molecule has 0 aliphatic rings. The Morgan fingerprint density at radius 3 is 2.55 bits per heavy atom. The van der Waals surface area contributed by atoms with E-state index in [0.29, 0.717) is 27.2 Å². The van der Waals surface area contributed by atoms with Crippen molar-refractivity contribution in [2.24, 2.45) is 0 Å². The van der Waals surface area contributed by atoms with Gasteiger partial charge in [0.05, 0.1) is 24.2 Å². The molecule has 31 heavy (non-hydrogen) atoms. The average molecular weight is 435 g/mol. The molecule has 0 atom stereocenters. The van der Waals surface area contributed by atoms with Gasteiger partial charge in [0.25, 0.3) is 11.5 Å². The monoisotopic (exact) mass is 434 g/mol. The summed E-state index contributed by atoms with van der Waals surface area (Å²) in [4.78, 5) is 29.2. The Kier molecular flexibility index (Phi) is 6.24. The van der Waals surface area contributed by atoms with E-state index in [2.05, 4.69) is 15.4 Å².